The molecule has 254 valence electrons. The predicted molar refractivity (Wildman–Crippen MR) is 194 cm³/mol. The fourth-order valence-electron chi connectivity index (χ4n) is 6.13. The number of amides is 3. The number of urea groups is 1. The second kappa shape index (κ2) is 15.1. The number of likely N-dealkylation sites (N-methyl/N-ethyl adjacent to an activating group) is 2. The molecule has 3 aromatic carbocycles. The maximum Gasteiger partial charge on any atom is 0.324 e. The van der Waals surface area contributed by atoms with Crippen LogP contribution in [0.2, 0.25) is 0 Å². The second-order valence-electron chi connectivity index (χ2n) is 14.0. The van der Waals surface area contributed by atoms with Crippen LogP contribution < -0.4 is 14.5 Å². The van der Waals surface area contributed by atoms with Crippen molar-refractivity contribution in [2.24, 2.45) is 0 Å². The Labute approximate surface area is 285 Å². The van der Waals surface area contributed by atoms with Gasteiger partial charge < -0.3 is 19.0 Å². The molecule has 0 fully saturated rings. The molecule has 0 saturated carbocycles. The molecule has 5 rings (SSSR count). The first-order chi connectivity index (χ1) is 22.9. The van der Waals surface area contributed by atoms with E-state index in [2.05, 4.69) is 65.5 Å². The van der Waals surface area contributed by atoms with Gasteiger partial charge in [-0.2, -0.15) is 5.10 Å². The normalized spacial score (nSPS) is 12.9. The number of anilines is 2. The van der Waals surface area contributed by atoms with Gasteiger partial charge in [0.15, 0.2) is 0 Å². The smallest absolute Gasteiger partial charge is 0.324 e. The van der Waals surface area contributed by atoms with Crippen molar-refractivity contribution in [2.45, 2.75) is 46.1 Å². The minimum absolute atomic E-state index is 0.0333. The molecule has 0 bridgehead atoms. The summed E-state index contributed by atoms with van der Waals surface area (Å²) in [5, 5.41) is 4.69. The largest absolute Gasteiger partial charge is 0.493 e. The molecular weight excluding hydrogens is 600 g/mol. The fraction of sp³-hybridized carbons (Fsp3) is 0.410. The summed E-state index contributed by atoms with van der Waals surface area (Å²) in [6, 6.07) is 20.3. The summed E-state index contributed by atoms with van der Waals surface area (Å²) in [7, 11) is 10.1. The molecule has 0 radical (unpaired) electrons. The highest BCUT2D eigenvalue weighted by molar-refractivity contribution is 5.96. The van der Waals surface area contributed by atoms with Crippen LogP contribution in [0, 0.1) is 13.8 Å². The van der Waals surface area contributed by atoms with Gasteiger partial charge in [-0.25, -0.2) is 4.79 Å². The van der Waals surface area contributed by atoms with Gasteiger partial charge in [-0.05, 0) is 85.2 Å². The molecule has 0 N–H and O–H groups in total. The summed E-state index contributed by atoms with van der Waals surface area (Å²) in [6.45, 7) is 7.52. The predicted octanol–water partition coefficient (Wildman–Crippen LogP) is 6.55. The maximum atomic E-state index is 13.4. The molecule has 0 spiro atoms. The lowest BCUT2D eigenvalue weighted by molar-refractivity contribution is -0.869. The molecule has 1 aromatic heterocycles. The zero-order valence-electron chi connectivity index (χ0n) is 29.7. The van der Waals surface area contributed by atoms with E-state index in [1.165, 1.54) is 11.1 Å². The lowest BCUT2D eigenvalue weighted by atomic mass is 9.93. The molecule has 4 aromatic rings. The van der Waals surface area contributed by atoms with Crippen molar-refractivity contribution in [1.29, 1.82) is 0 Å². The van der Waals surface area contributed by atoms with E-state index in [-0.39, 0.29) is 11.9 Å². The third-order valence-electron chi connectivity index (χ3n) is 9.21. The standard InChI is InChI=1S/C39H51N6O3/c1-29-13-8-19-37(30(29)2)48-24-12-20-38(46)44-21-11-17-35-34(16-10-18-36(35)44)32-26-40-43(28-32)27-31-14-9-15-33(25-31)42(4)39(47)41(3)22-23-45(5,6)7/h8-10,13-16,18-19,25-26,28H,11-12,17,20-24,27H2,1-7H3/q+1. The molecule has 48 heavy (non-hydrogen) atoms. The molecule has 2 heterocycles. The van der Waals surface area contributed by atoms with E-state index in [1.807, 2.05) is 66.3 Å². The number of quaternary nitrogens is 1. The van der Waals surface area contributed by atoms with Crippen molar-refractivity contribution in [1.82, 2.24) is 14.7 Å². The second-order valence-corrected chi connectivity index (χ2v) is 14.0. The van der Waals surface area contributed by atoms with E-state index < -0.39 is 0 Å². The molecule has 0 atom stereocenters. The molecule has 9 nitrogen and oxygen atoms in total. The summed E-state index contributed by atoms with van der Waals surface area (Å²) in [5.41, 5.74) is 8.60. The third kappa shape index (κ3) is 8.44. The number of carbonyl (C=O) groups excluding carboxylic acids is 2. The quantitative estimate of drug-likeness (QED) is 0.129. The average molecular weight is 652 g/mol. The summed E-state index contributed by atoms with van der Waals surface area (Å²) in [6.07, 6.45) is 6.93. The first-order valence-electron chi connectivity index (χ1n) is 16.9. The summed E-state index contributed by atoms with van der Waals surface area (Å²) >= 11 is 0. The van der Waals surface area contributed by atoms with Gasteiger partial charge in [0.1, 0.15) is 5.75 Å². The molecular formula is C39H51N6O3+. The Bertz CT molecular complexity index is 1740. The van der Waals surface area contributed by atoms with Crippen LogP contribution >= 0.6 is 0 Å². The van der Waals surface area contributed by atoms with Crippen molar-refractivity contribution in [3.8, 4) is 16.9 Å². The first kappa shape index (κ1) is 34.7. The zero-order valence-corrected chi connectivity index (χ0v) is 29.7. The van der Waals surface area contributed by atoms with Crippen LogP contribution in [-0.4, -0.2) is 92.6 Å². The number of nitrogens with zero attached hydrogens (tertiary/aromatic N) is 6. The SMILES string of the molecule is Cc1cccc(OCCCC(=O)N2CCCc3c(-c4cnn(Cc5cccc(N(C)C(=O)N(C)CC[N+](C)(C)C)c5)c4)cccc32)c1C. The Morgan fingerprint density at radius 3 is 2.56 bits per heavy atom. The Morgan fingerprint density at radius 1 is 1.00 bits per heavy atom. The van der Waals surface area contributed by atoms with Crippen molar-refractivity contribution in [3.05, 3.63) is 95.3 Å². The summed E-state index contributed by atoms with van der Waals surface area (Å²) in [4.78, 5) is 31.9. The minimum Gasteiger partial charge on any atom is -0.493 e. The zero-order chi connectivity index (χ0) is 34.4. The Morgan fingerprint density at radius 2 is 1.77 bits per heavy atom. The van der Waals surface area contributed by atoms with Crippen LogP contribution in [0.1, 0.15) is 41.5 Å². The van der Waals surface area contributed by atoms with Crippen molar-refractivity contribution < 1.29 is 18.8 Å². The van der Waals surface area contributed by atoms with E-state index in [0.29, 0.717) is 32.5 Å². The van der Waals surface area contributed by atoms with Gasteiger partial charge in [0.2, 0.25) is 5.91 Å². The van der Waals surface area contributed by atoms with E-state index in [4.69, 9.17) is 9.84 Å². The molecule has 1 aliphatic heterocycles. The highest BCUT2D eigenvalue weighted by Gasteiger charge is 2.25. The van der Waals surface area contributed by atoms with Gasteiger partial charge in [0.25, 0.3) is 0 Å². The number of rotatable bonds is 12. The first-order valence-corrected chi connectivity index (χ1v) is 16.9. The number of carbonyl (C=O) groups is 2. The van der Waals surface area contributed by atoms with Gasteiger partial charge >= 0.3 is 6.03 Å². The van der Waals surface area contributed by atoms with Crippen LogP contribution in [0.5, 0.6) is 5.75 Å². The Balaban J connectivity index is 1.22. The van der Waals surface area contributed by atoms with Gasteiger partial charge in [0.05, 0.1) is 53.6 Å². The van der Waals surface area contributed by atoms with Crippen LogP contribution in [-0.2, 0) is 17.8 Å². The van der Waals surface area contributed by atoms with E-state index in [0.717, 1.165) is 69.8 Å². The van der Waals surface area contributed by atoms with Crippen LogP contribution in [0.3, 0.4) is 0 Å². The van der Waals surface area contributed by atoms with Crippen molar-refractivity contribution in [2.75, 3.05) is 71.3 Å². The molecule has 9 heteroatoms. The number of fused-ring (bicyclic) bond motifs is 1. The third-order valence-corrected chi connectivity index (χ3v) is 9.21. The lowest BCUT2D eigenvalue weighted by Gasteiger charge is -2.31. The van der Waals surface area contributed by atoms with E-state index in [1.54, 1.807) is 9.80 Å². The van der Waals surface area contributed by atoms with Crippen LogP contribution in [0.15, 0.2) is 73.1 Å². The maximum absolute atomic E-state index is 13.4. The monoisotopic (exact) mass is 651 g/mol. The number of aryl methyl sites for hydroxylation is 1. The van der Waals surface area contributed by atoms with Gasteiger partial charge in [0, 0.05) is 50.2 Å². The van der Waals surface area contributed by atoms with E-state index in [9.17, 15) is 9.59 Å². The van der Waals surface area contributed by atoms with Gasteiger partial charge in [-0.3, -0.25) is 14.4 Å². The number of benzene rings is 3. The Hall–Kier alpha value is -4.63. The number of aromatic nitrogens is 2. The fourth-order valence-corrected chi connectivity index (χ4v) is 6.13. The van der Waals surface area contributed by atoms with Gasteiger partial charge in [-0.1, -0.05) is 36.4 Å². The molecule has 1 aliphatic rings. The molecule has 0 aliphatic carbocycles. The molecule has 0 saturated heterocycles. The minimum atomic E-state index is -0.0333. The topological polar surface area (TPSA) is 70.9 Å². The van der Waals surface area contributed by atoms with E-state index >= 15 is 0 Å². The van der Waals surface area contributed by atoms with Crippen molar-refractivity contribution >= 4 is 23.3 Å². The number of ether oxygens (including phenoxy) is 1. The summed E-state index contributed by atoms with van der Waals surface area (Å²) < 4.78 is 8.74. The highest BCUT2D eigenvalue weighted by Crippen LogP contribution is 2.36. The van der Waals surface area contributed by atoms with Crippen LogP contribution in [0.25, 0.3) is 11.1 Å². The lowest BCUT2D eigenvalue weighted by Crippen LogP contribution is -2.46. The highest BCUT2D eigenvalue weighted by atomic mass is 16.5. The molecule has 3 amide bonds. The van der Waals surface area contributed by atoms with Crippen molar-refractivity contribution in [3.63, 3.8) is 0 Å². The van der Waals surface area contributed by atoms with Gasteiger partial charge in [-0.15, -0.1) is 0 Å². The Kier molecular flexibility index (Phi) is 10.9. The number of hydrogen-bond acceptors (Lipinski definition) is 4. The average Bonchev–Trinajstić information content (AvgIpc) is 3.53. The molecule has 0 unspecified atom stereocenters. The number of hydrogen-bond donors (Lipinski definition) is 0. The summed E-state index contributed by atoms with van der Waals surface area (Å²) in [5.74, 6) is 1.02. The van der Waals surface area contributed by atoms with Crippen LogP contribution in [0.4, 0.5) is 16.2 Å².